The molecule has 0 radical (unpaired) electrons. The fourth-order valence-corrected chi connectivity index (χ4v) is 2.31. The highest BCUT2D eigenvalue weighted by Crippen LogP contribution is 2.21. The quantitative estimate of drug-likeness (QED) is 0.704. The maximum atomic E-state index is 11.5. The number of nitrogens with zero attached hydrogens (tertiary/aromatic N) is 2. The van der Waals surface area contributed by atoms with Crippen LogP contribution in [0.15, 0.2) is 0 Å². The van der Waals surface area contributed by atoms with E-state index >= 15 is 0 Å². The van der Waals surface area contributed by atoms with Gasteiger partial charge >= 0.3 is 0 Å². The van der Waals surface area contributed by atoms with Gasteiger partial charge in [-0.05, 0) is 13.8 Å². The van der Waals surface area contributed by atoms with Gasteiger partial charge in [0.1, 0.15) is 6.61 Å². The number of nitrogens with one attached hydrogen (secondary N) is 1. The minimum atomic E-state index is -0.341. The summed E-state index contributed by atoms with van der Waals surface area (Å²) < 4.78 is 11.4. The minimum absolute atomic E-state index is 0.0184. The fraction of sp³-hybridized carbons (Fsp3) is 0.857. The lowest BCUT2D eigenvalue weighted by atomic mass is 10.1. The van der Waals surface area contributed by atoms with Crippen LogP contribution in [0.3, 0.4) is 0 Å². The van der Waals surface area contributed by atoms with E-state index in [1.807, 2.05) is 18.7 Å². The van der Waals surface area contributed by atoms with Gasteiger partial charge in [0.2, 0.25) is 11.8 Å². The van der Waals surface area contributed by atoms with E-state index in [1.165, 1.54) is 4.90 Å². The molecule has 1 aliphatic rings. The summed E-state index contributed by atoms with van der Waals surface area (Å²) >= 11 is 0. The largest absolute Gasteiger partial charge is 0.369 e. The van der Waals surface area contributed by atoms with Crippen LogP contribution in [0.4, 0.5) is 0 Å². The number of morpholine rings is 1. The van der Waals surface area contributed by atoms with Gasteiger partial charge in [-0.1, -0.05) is 0 Å². The molecule has 0 aromatic carbocycles. The zero-order valence-corrected chi connectivity index (χ0v) is 13.6. The van der Waals surface area contributed by atoms with Crippen molar-refractivity contribution < 1.29 is 19.1 Å². The number of rotatable bonds is 6. The molecule has 1 heterocycles. The van der Waals surface area contributed by atoms with E-state index in [9.17, 15) is 9.59 Å². The first kappa shape index (κ1) is 17.9. The highest BCUT2D eigenvalue weighted by molar-refractivity contribution is 5.77. The average Bonchev–Trinajstić information content (AvgIpc) is 2.36. The molecule has 1 aliphatic heterocycles. The molecule has 0 saturated carbocycles. The van der Waals surface area contributed by atoms with Crippen LogP contribution in [0.1, 0.15) is 13.8 Å². The minimum Gasteiger partial charge on any atom is -0.369 e. The lowest BCUT2D eigenvalue weighted by Crippen LogP contribution is -2.55. The molecule has 1 atom stereocenters. The number of carbonyl (C=O) groups is 2. The van der Waals surface area contributed by atoms with Crippen molar-refractivity contribution in [1.82, 2.24) is 15.1 Å². The Hall–Kier alpha value is -1.18. The van der Waals surface area contributed by atoms with E-state index in [0.717, 1.165) is 0 Å². The number of amides is 2. The van der Waals surface area contributed by atoms with E-state index < -0.39 is 0 Å². The van der Waals surface area contributed by atoms with E-state index in [1.54, 1.807) is 21.1 Å². The SMILES string of the molecule is CNC(=O)CN1CC(COCC(=O)N(C)C)OC(C)(C)C1. The van der Waals surface area contributed by atoms with E-state index in [-0.39, 0.29) is 30.1 Å². The molecule has 0 spiro atoms. The molecule has 1 rings (SSSR count). The van der Waals surface area contributed by atoms with Gasteiger partial charge < -0.3 is 19.7 Å². The summed E-state index contributed by atoms with van der Waals surface area (Å²) in [4.78, 5) is 26.5. The molecule has 2 amide bonds. The first-order chi connectivity index (χ1) is 9.73. The zero-order valence-electron chi connectivity index (χ0n) is 13.6. The standard InChI is InChI=1S/C14H27N3O4/c1-14(2)10-17(7-12(18)15-3)6-11(21-14)8-20-9-13(19)16(4)5/h11H,6-10H2,1-5H3,(H,15,18). The Bertz CT molecular complexity index is 371. The van der Waals surface area contributed by atoms with Gasteiger partial charge in [0.25, 0.3) is 0 Å². The smallest absolute Gasteiger partial charge is 0.248 e. The predicted molar refractivity (Wildman–Crippen MR) is 79.0 cm³/mol. The van der Waals surface area contributed by atoms with Gasteiger partial charge in [0.05, 0.1) is 24.9 Å². The van der Waals surface area contributed by atoms with Crippen molar-refractivity contribution in [2.75, 3.05) is 54.0 Å². The Labute approximate surface area is 126 Å². The highest BCUT2D eigenvalue weighted by atomic mass is 16.5. The summed E-state index contributed by atoms with van der Waals surface area (Å²) in [5.41, 5.74) is -0.341. The molecule has 1 unspecified atom stereocenters. The van der Waals surface area contributed by atoms with Crippen LogP contribution >= 0.6 is 0 Å². The molecule has 0 aromatic rings. The Morgan fingerprint density at radius 1 is 1.43 bits per heavy atom. The molecule has 122 valence electrons. The van der Waals surface area contributed by atoms with Gasteiger partial charge in [-0.2, -0.15) is 0 Å². The third-order valence-corrected chi connectivity index (χ3v) is 3.23. The number of hydrogen-bond acceptors (Lipinski definition) is 5. The van der Waals surface area contributed by atoms with Crippen LogP contribution in [0.25, 0.3) is 0 Å². The summed E-state index contributed by atoms with van der Waals surface area (Å²) in [5, 5.41) is 2.62. The molecule has 21 heavy (non-hydrogen) atoms. The Morgan fingerprint density at radius 3 is 2.67 bits per heavy atom. The Morgan fingerprint density at radius 2 is 2.10 bits per heavy atom. The Kier molecular flexibility index (Phi) is 6.57. The van der Waals surface area contributed by atoms with Gasteiger partial charge in [0, 0.05) is 34.2 Å². The second-order valence-corrected chi connectivity index (χ2v) is 6.15. The lowest BCUT2D eigenvalue weighted by molar-refractivity contribution is -0.161. The normalized spacial score (nSPS) is 21.9. The second-order valence-electron chi connectivity index (χ2n) is 6.15. The van der Waals surface area contributed by atoms with Crippen LogP contribution < -0.4 is 5.32 Å². The van der Waals surface area contributed by atoms with Crippen molar-refractivity contribution in [1.29, 1.82) is 0 Å². The van der Waals surface area contributed by atoms with Gasteiger partial charge in [-0.3, -0.25) is 14.5 Å². The van der Waals surface area contributed by atoms with Crippen molar-refractivity contribution in [2.45, 2.75) is 25.6 Å². The number of ether oxygens (including phenoxy) is 2. The fourth-order valence-electron chi connectivity index (χ4n) is 2.31. The molecule has 0 aromatic heterocycles. The number of likely N-dealkylation sites (N-methyl/N-ethyl adjacent to an activating group) is 2. The molecule has 7 heteroatoms. The summed E-state index contributed by atoms with van der Waals surface area (Å²) in [6, 6.07) is 0. The third-order valence-electron chi connectivity index (χ3n) is 3.23. The maximum Gasteiger partial charge on any atom is 0.248 e. The molecule has 1 N–H and O–H groups in total. The molecule has 0 aliphatic carbocycles. The number of carbonyl (C=O) groups excluding carboxylic acids is 2. The van der Waals surface area contributed by atoms with Crippen molar-refractivity contribution >= 4 is 11.8 Å². The number of hydrogen-bond donors (Lipinski definition) is 1. The molecule has 1 fully saturated rings. The van der Waals surface area contributed by atoms with Crippen LogP contribution in [0, 0.1) is 0 Å². The van der Waals surface area contributed by atoms with Crippen LogP contribution in [-0.4, -0.2) is 87.3 Å². The van der Waals surface area contributed by atoms with Crippen molar-refractivity contribution in [3.05, 3.63) is 0 Å². The van der Waals surface area contributed by atoms with Crippen LogP contribution in [0.5, 0.6) is 0 Å². The maximum absolute atomic E-state index is 11.5. The molecule has 1 saturated heterocycles. The van der Waals surface area contributed by atoms with Crippen LogP contribution in [-0.2, 0) is 19.1 Å². The first-order valence-electron chi connectivity index (χ1n) is 7.12. The monoisotopic (exact) mass is 301 g/mol. The van der Waals surface area contributed by atoms with Gasteiger partial charge in [0.15, 0.2) is 0 Å². The summed E-state index contributed by atoms with van der Waals surface area (Å²) in [6.45, 7) is 6.01. The summed E-state index contributed by atoms with van der Waals surface area (Å²) in [6.07, 6.45) is -0.145. The molecular formula is C14H27N3O4. The predicted octanol–water partition coefficient (Wildman–Crippen LogP) is -0.683. The highest BCUT2D eigenvalue weighted by Gasteiger charge is 2.34. The van der Waals surface area contributed by atoms with Crippen molar-refractivity contribution in [3.8, 4) is 0 Å². The molecular weight excluding hydrogens is 274 g/mol. The summed E-state index contributed by atoms with van der Waals surface area (Å²) in [7, 11) is 5.01. The van der Waals surface area contributed by atoms with E-state index in [2.05, 4.69) is 5.32 Å². The van der Waals surface area contributed by atoms with E-state index in [4.69, 9.17) is 9.47 Å². The Balaban J connectivity index is 2.46. The molecule has 0 bridgehead atoms. The van der Waals surface area contributed by atoms with Gasteiger partial charge in [-0.25, -0.2) is 0 Å². The van der Waals surface area contributed by atoms with Crippen LogP contribution in [0.2, 0.25) is 0 Å². The van der Waals surface area contributed by atoms with Crippen molar-refractivity contribution in [2.24, 2.45) is 0 Å². The average molecular weight is 301 g/mol. The topological polar surface area (TPSA) is 71.1 Å². The zero-order chi connectivity index (χ0) is 16.0. The van der Waals surface area contributed by atoms with Crippen molar-refractivity contribution in [3.63, 3.8) is 0 Å². The van der Waals surface area contributed by atoms with Gasteiger partial charge in [-0.15, -0.1) is 0 Å². The lowest BCUT2D eigenvalue weighted by Gasteiger charge is -2.42. The molecule has 7 nitrogen and oxygen atoms in total. The second kappa shape index (κ2) is 7.72. The first-order valence-corrected chi connectivity index (χ1v) is 7.12. The van der Waals surface area contributed by atoms with E-state index in [0.29, 0.717) is 26.2 Å². The summed E-state index contributed by atoms with van der Waals surface area (Å²) in [5.74, 6) is -0.0950. The third kappa shape index (κ3) is 6.41.